The Kier molecular flexibility index (Phi) is 6.94. The molecule has 0 bridgehead atoms. The lowest BCUT2D eigenvalue weighted by Crippen LogP contribution is -2.30. The summed E-state index contributed by atoms with van der Waals surface area (Å²) in [5.41, 5.74) is -0.866. The molecule has 0 aliphatic rings. The van der Waals surface area contributed by atoms with Crippen LogP contribution in [0.1, 0.15) is 18.2 Å². The summed E-state index contributed by atoms with van der Waals surface area (Å²) in [5.74, 6) is -3.03. The van der Waals surface area contributed by atoms with Crippen LogP contribution < -0.4 is 11.2 Å². The first-order valence-electron chi connectivity index (χ1n) is 7.51. The lowest BCUT2D eigenvalue weighted by atomic mass is 10.2. The minimum Gasteiger partial charge on any atom is -0.604 e. The number of anilines is 1. The fraction of sp³-hybridized carbons (Fsp3) is 0.214. The average molecular weight is 512 g/mol. The number of nitrogens with two attached hydrogens (primary N) is 1. The van der Waals surface area contributed by atoms with Crippen LogP contribution in [0, 0.1) is 5.41 Å². The van der Waals surface area contributed by atoms with E-state index in [1.54, 1.807) is 5.48 Å². The number of nitrogens with one attached hydrogen (secondary N) is 2. The van der Waals surface area contributed by atoms with E-state index in [2.05, 4.69) is 9.94 Å². The molecular formula is C14H9Cl2F6N5O3S. The molecule has 17 heteroatoms. The van der Waals surface area contributed by atoms with Crippen LogP contribution in [-0.2, 0) is 27.0 Å². The summed E-state index contributed by atoms with van der Waals surface area (Å²) >= 11 is 7.81. The standard InChI is InChI=1S/C14H9Cl2F6N5O3S/c1-4(28)30-26-11(23)8-10(31(29)14(20,21)22)12(24)27(25-8)9-6(15)2-5(3-7(9)16)13(17,18)19/h2-3H,24H2,1H3,(H2,23,26). The molecule has 4 N–H and O–H groups in total. The topological polar surface area (TPSA) is 129 Å². The van der Waals surface area contributed by atoms with Crippen molar-refractivity contribution in [2.75, 3.05) is 5.73 Å². The summed E-state index contributed by atoms with van der Waals surface area (Å²) in [6.07, 6.45) is -4.84. The quantitative estimate of drug-likeness (QED) is 0.189. The van der Waals surface area contributed by atoms with Gasteiger partial charge in [-0.25, -0.2) is 4.68 Å². The predicted octanol–water partition coefficient (Wildman–Crippen LogP) is 3.80. The number of alkyl halides is 6. The zero-order valence-corrected chi connectivity index (χ0v) is 17.1. The molecule has 1 aromatic heterocycles. The number of hydroxylamine groups is 1. The van der Waals surface area contributed by atoms with Crippen LogP contribution in [0.15, 0.2) is 17.0 Å². The third-order valence-corrected chi connectivity index (χ3v) is 5.13. The van der Waals surface area contributed by atoms with E-state index >= 15 is 0 Å². The number of rotatable bonds is 3. The van der Waals surface area contributed by atoms with Crippen LogP contribution in [0.2, 0.25) is 10.0 Å². The van der Waals surface area contributed by atoms with E-state index in [-0.39, 0.29) is 0 Å². The van der Waals surface area contributed by atoms with Crippen LogP contribution in [0.5, 0.6) is 0 Å². The number of carbonyl (C=O) groups is 1. The van der Waals surface area contributed by atoms with Crippen molar-refractivity contribution in [3.63, 3.8) is 0 Å². The Morgan fingerprint density at radius 3 is 2.19 bits per heavy atom. The maximum Gasteiger partial charge on any atom is 0.578 e. The van der Waals surface area contributed by atoms with Gasteiger partial charge in [0.1, 0.15) is 16.9 Å². The molecule has 1 atom stereocenters. The monoisotopic (exact) mass is 511 g/mol. The van der Waals surface area contributed by atoms with Crippen molar-refractivity contribution in [3.8, 4) is 5.69 Å². The number of aromatic nitrogens is 2. The molecule has 0 aliphatic heterocycles. The molecule has 31 heavy (non-hydrogen) atoms. The van der Waals surface area contributed by atoms with E-state index in [0.717, 1.165) is 6.92 Å². The highest BCUT2D eigenvalue weighted by atomic mass is 35.5. The SMILES string of the molecule is CC(=O)ONC(=N)c1nn(-c2c(Cl)cc(C(F)(F)F)cc2Cl)c(N)c1[S+]([O-])C(F)(F)F. The van der Waals surface area contributed by atoms with Gasteiger partial charge in [0.05, 0.1) is 15.6 Å². The zero-order valence-electron chi connectivity index (χ0n) is 14.8. The number of amidine groups is 1. The first-order chi connectivity index (χ1) is 14.1. The molecule has 8 nitrogen and oxygen atoms in total. The Balaban J connectivity index is 2.73. The van der Waals surface area contributed by atoms with E-state index < -0.39 is 72.4 Å². The number of nitrogens with zero attached hydrogens (tertiary/aromatic N) is 2. The van der Waals surface area contributed by atoms with Gasteiger partial charge in [0, 0.05) is 6.92 Å². The molecule has 0 radical (unpaired) electrons. The predicted molar refractivity (Wildman–Crippen MR) is 97.2 cm³/mol. The summed E-state index contributed by atoms with van der Waals surface area (Å²) in [6, 6.07) is 0.846. The fourth-order valence-electron chi connectivity index (χ4n) is 2.15. The van der Waals surface area contributed by atoms with Crippen LogP contribution in [0.25, 0.3) is 5.69 Å². The molecule has 170 valence electrons. The molecule has 1 aromatic carbocycles. The second-order valence-corrected chi connectivity index (χ2v) is 7.77. The molecule has 0 spiro atoms. The second kappa shape index (κ2) is 8.64. The van der Waals surface area contributed by atoms with E-state index in [4.69, 9.17) is 34.3 Å². The molecule has 1 unspecified atom stereocenters. The molecule has 0 amide bonds. The van der Waals surface area contributed by atoms with Crippen LogP contribution in [0.3, 0.4) is 0 Å². The van der Waals surface area contributed by atoms with Gasteiger partial charge in [-0.2, -0.15) is 23.8 Å². The van der Waals surface area contributed by atoms with Crippen molar-refractivity contribution in [3.05, 3.63) is 33.4 Å². The van der Waals surface area contributed by atoms with Crippen molar-refractivity contribution in [1.82, 2.24) is 15.3 Å². The number of nitrogen functional groups attached to an aromatic ring is 1. The first-order valence-corrected chi connectivity index (χ1v) is 9.42. The van der Waals surface area contributed by atoms with Crippen molar-refractivity contribution >= 4 is 52.0 Å². The first kappa shape index (κ1) is 24.9. The highest BCUT2D eigenvalue weighted by molar-refractivity contribution is 7.92. The summed E-state index contributed by atoms with van der Waals surface area (Å²) in [5, 5.41) is 9.89. The van der Waals surface area contributed by atoms with E-state index in [1.165, 1.54) is 0 Å². The maximum absolute atomic E-state index is 13.1. The fourth-order valence-corrected chi connectivity index (χ4v) is 3.63. The maximum atomic E-state index is 13.1. The van der Waals surface area contributed by atoms with Crippen LogP contribution in [0.4, 0.5) is 32.2 Å². The van der Waals surface area contributed by atoms with Crippen LogP contribution >= 0.6 is 23.2 Å². The van der Waals surface area contributed by atoms with Gasteiger partial charge in [0.25, 0.3) is 0 Å². The van der Waals surface area contributed by atoms with Crippen molar-refractivity contribution < 1.29 is 40.5 Å². The van der Waals surface area contributed by atoms with Crippen molar-refractivity contribution in [2.24, 2.45) is 0 Å². The Bertz CT molecular complexity index is 1020. The lowest BCUT2D eigenvalue weighted by Gasteiger charge is -2.14. The molecule has 1 heterocycles. The van der Waals surface area contributed by atoms with Gasteiger partial charge in [-0.3, -0.25) is 10.2 Å². The number of carbonyl (C=O) groups excluding carboxylic acids is 1. The molecule has 0 saturated carbocycles. The molecule has 0 fully saturated rings. The number of hydrogen-bond donors (Lipinski definition) is 3. The van der Waals surface area contributed by atoms with E-state index in [0.29, 0.717) is 16.8 Å². The minimum atomic E-state index is -5.35. The van der Waals surface area contributed by atoms with Crippen molar-refractivity contribution in [2.45, 2.75) is 23.5 Å². The lowest BCUT2D eigenvalue weighted by molar-refractivity contribution is -0.145. The Hall–Kier alpha value is -2.36. The highest BCUT2D eigenvalue weighted by Gasteiger charge is 2.50. The summed E-state index contributed by atoms with van der Waals surface area (Å²) in [6.45, 7) is 0.907. The molecule has 0 aliphatic carbocycles. The molecule has 2 rings (SSSR count). The van der Waals surface area contributed by atoms with Gasteiger partial charge in [-0.15, -0.1) is 13.2 Å². The zero-order chi connectivity index (χ0) is 23.9. The van der Waals surface area contributed by atoms with Gasteiger partial charge in [0.2, 0.25) is 4.90 Å². The highest BCUT2D eigenvalue weighted by Crippen LogP contribution is 2.41. The number of benzene rings is 1. The van der Waals surface area contributed by atoms with E-state index in [9.17, 15) is 35.7 Å². The number of halogens is 8. The van der Waals surface area contributed by atoms with E-state index in [1.807, 2.05) is 0 Å². The molecule has 0 saturated heterocycles. The Morgan fingerprint density at radius 1 is 1.26 bits per heavy atom. The summed E-state index contributed by atoms with van der Waals surface area (Å²) in [4.78, 5) is 13.9. The van der Waals surface area contributed by atoms with Crippen molar-refractivity contribution in [1.29, 1.82) is 5.41 Å². The number of hydrogen-bond acceptors (Lipinski definition) is 6. The minimum absolute atomic E-state index is 0.392. The van der Waals surface area contributed by atoms with Gasteiger partial charge in [0.15, 0.2) is 17.3 Å². The normalized spacial score (nSPS) is 13.1. The summed E-state index contributed by atoms with van der Waals surface area (Å²) in [7, 11) is 0. The third-order valence-electron chi connectivity index (χ3n) is 3.36. The second-order valence-electron chi connectivity index (χ2n) is 5.55. The Morgan fingerprint density at radius 2 is 1.77 bits per heavy atom. The Labute approximate surface area is 181 Å². The van der Waals surface area contributed by atoms with Gasteiger partial charge in [-0.05, 0) is 12.1 Å². The van der Waals surface area contributed by atoms with Crippen LogP contribution in [-0.4, -0.2) is 31.6 Å². The largest absolute Gasteiger partial charge is 0.604 e. The third kappa shape index (κ3) is 5.28. The smallest absolute Gasteiger partial charge is 0.578 e. The molecular weight excluding hydrogens is 503 g/mol. The summed E-state index contributed by atoms with van der Waals surface area (Å²) < 4.78 is 90.3. The average Bonchev–Trinajstić information content (AvgIpc) is 2.93. The van der Waals surface area contributed by atoms with Gasteiger partial charge in [-0.1, -0.05) is 23.2 Å². The van der Waals surface area contributed by atoms with Gasteiger partial charge >= 0.3 is 17.7 Å². The van der Waals surface area contributed by atoms with Gasteiger partial charge < -0.3 is 15.1 Å². The molecule has 2 aromatic rings.